The fourth-order valence-corrected chi connectivity index (χ4v) is 2.00. The largest absolute Gasteiger partial charge is 0.319 e. The van der Waals surface area contributed by atoms with Crippen molar-refractivity contribution in [2.75, 3.05) is 0 Å². The number of rotatable bonds is 4. The third kappa shape index (κ3) is 2.36. The molecule has 0 aliphatic heterocycles. The molecule has 2 aromatic heterocycles. The third-order valence-corrected chi connectivity index (χ3v) is 2.90. The molecule has 90 valence electrons. The lowest BCUT2D eigenvalue weighted by atomic mass is 10.0. The van der Waals surface area contributed by atoms with Crippen molar-refractivity contribution in [2.45, 2.75) is 32.9 Å². The van der Waals surface area contributed by atoms with E-state index in [1.165, 1.54) is 0 Å². The maximum Gasteiger partial charge on any atom is 0.0726 e. The monoisotopic (exact) mass is 230 g/mol. The van der Waals surface area contributed by atoms with Gasteiger partial charge in [0.05, 0.1) is 11.7 Å². The Bertz CT molecular complexity index is 490. The summed E-state index contributed by atoms with van der Waals surface area (Å²) >= 11 is 0. The number of nitrogens with zero attached hydrogens (tertiary/aromatic N) is 3. The van der Waals surface area contributed by atoms with E-state index in [2.05, 4.69) is 17.0 Å². The van der Waals surface area contributed by atoms with Gasteiger partial charge in [-0.15, -0.1) is 0 Å². The van der Waals surface area contributed by atoms with Gasteiger partial charge in [0.1, 0.15) is 0 Å². The van der Waals surface area contributed by atoms with Crippen molar-refractivity contribution >= 4 is 0 Å². The summed E-state index contributed by atoms with van der Waals surface area (Å²) in [5.74, 6) is 0. The van der Waals surface area contributed by atoms with Gasteiger partial charge in [-0.2, -0.15) is 5.10 Å². The molecule has 0 aliphatic rings. The second-order valence-electron chi connectivity index (χ2n) is 4.19. The summed E-state index contributed by atoms with van der Waals surface area (Å²) in [5.41, 5.74) is 9.58. The van der Waals surface area contributed by atoms with Crippen molar-refractivity contribution in [3.63, 3.8) is 0 Å². The van der Waals surface area contributed by atoms with Crippen molar-refractivity contribution in [3.05, 3.63) is 47.5 Å². The molecule has 0 fully saturated rings. The number of aryl methyl sites for hydroxylation is 2. The van der Waals surface area contributed by atoms with Crippen LogP contribution in [0, 0.1) is 6.92 Å². The van der Waals surface area contributed by atoms with Crippen LogP contribution in [0.15, 0.2) is 30.7 Å². The summed E-state index contributed by atoms with van der Waals surface area (Å²) in [6.07, 6.45) is 6.48. The molecule has 1 atom stereocenters. The first-order valence-corrected chi connectivity index (χ1v) is 5.91. The van der Waals surface area contributed by atoms with E-state index < -0.39 is 0 Å². The fraction of sp³-hybridized carbons (Fsp3) is 0.385. The highest BCUT2D eigenvalue weighted by Crippen LogP contribution is 2.21. The molecule has 0 saturated heterocycles. The smallest absolute Gasteiger partial charge is 0.0726 e. The lowest BCUT2D eigenvalue weighted by molar-refractivity contribution is 0.559. The average molecular weight is 230 g/mol. The molecular formula is C13H18N4. The van der Waals surface area contributed by atoms with Crippen molar-refractivity contribution in [3.8, 4) is 0 Å². The molecule has 17 heavy (non-hydrogen) atoms. The number of hydrogen-bond acceptors (Lipinski definition) is 3. The number of pyridine rings is 1. The molecule has 0 aromatic carbocycles. The van der Waals surface area contributed by atoms with Crippen LogP contribution in [0.4, 0.5) is 0 Å². The number of hydrogen-bond donors (Lipinski definition) is 1. The highest BCUT2D eigenvalue weighted by molar-refractivity contribution is 5.31. The normalized spacial score (nSPS) is 12.6. The van der Waals surface area contributed by atoms with Crippen LogP contribution in [-0.2, 0) is 6.54 Å². The zero-order valence-corrected chi connectivity index (χ0v) is 10.3. The SMILES string of the molecule is CCCn1nccc1C(N)c1ccncc1C. The van der Waals surface area contributed by atoms with Crippen LogP contribution in [0.25, 0.3) is 0 Å². The Morgan fingerprint density at radius 1 is 1.35 bits per heavy atom. The van der Waals surface area contributed by atoms with Crippen LogP contribution in [0.3, 0.4) is 0 Å². The Kier molecular flexibility index (Phi) is 3.54. The molecule has 0 bridgehead atoms. The molecule has 2 rings (SSSR count). The van der Waals surface area contributed by atoms with E-state index in [0.717, 1.165) is 29.8 Å². The van der Waals surface area contributed by atoms with Crippen LogP contribution in [0.2, 0.25) is 0 Å². The van der Waals surface area contributed by atoms with E-state index in [1.54, 1.807) is 12.4 Å². The lowest BCUT2D eigenvalue weighted by Crippen LogP contribution is -2.18. The zero-order chi connectivity index (χ0) is 12.3. The molecule has 0 radical (unpaired) electrons. The van der Waals surface area contributed by atoms with E-state index >= 15 is 0 Å². The zero-order valence-electron chi connectivity index (χ0n) is 10.3. The Labute approximate surface area is 101 Å². The molecule has 4 heteroatoms. The first kappa shape index (κ1) is 11.8. The van der Waals surface area contributed by atoms with Crippen LogP contribution in [-0.4, -0.2) is 14.8 Å². The van der Waals surface area contributed by atoms with Gasteiger partial charge in [0.15, 0.2) is 0 Å². The minimum atomic E-state index is -0.132. The predicted molar refractivity (Wildman–Crippen MR) is 67.5 cm³/mol. The lowest BCUT2D eigenvalue weighted by Gasteiger charge is -2.16. The van der Waals surface area contributed by atoms with Gasteiger partial charge in [-0.05, 0) is 36.6 Å². The number of nitrogens with two attached hydrogens (primary N) is 1. The van der Waals surface area contributed by atoms with E-state index in [0.29, 0.717) is 0 Å². The van der Waals surface area contributed by atoms with Crippen LogP contribution >= 0.6 is 0 Å². The van der Waals surface area contributed by atoms with Gasteiger partial charge in [0, 0.05) is 25.1 Å². The van der Waals surface area contributed by atoms with Crippen molar-refractivity contribution < 1.29 is 0 Å². The highest BCUT2D eigenvalue weighted by Gasteiger charge is 2.15. The standard InChI is InChI=1S/C13H18N4/c1-3-8-17-12(5-7-16-17)13(14)11-4-6-15-9-10(11)2/h4-7,9,13H,3,8,14H2,1-2H3. The number of aromatic nitrogens is 3. The van der Waals surface area contributed by atoms with Gasteiger partial charge in [0.25, 0.3) is 0 Å². The molecule has 0 saturated carbocycles. The summed E-state index contributed by atoms with van der Waals surface area (Å²) < 4.78 is 1.98. The minimum Gasteiger partial charge on any atom is -0.319 e. The predicted octanol–water partition coefficient (Wildman–Crippen LogP) is 2.04. The summed E-state index contributed by atoms with van der Waals surface area (Å²) in [5, 5.41) is 4.30. The van der Waals surface area contributed by atoms with Gasteiger partial charge < -0.3 is 5.73 Å². The summed E-state index contributed by atoms with van der Waals surface area (Å²) in [7, 11) is 0. The molecule has 2 aromatic rings. The molecule has 2 heterocycles. The second kappa shape index (κ2) is 5.10. The average Bonchev–Trinajstić information content (AvgIpc) is 2.78. The maximum atomic E-state index is 6.30. The van der Waals surface area contributed by atoms with Crippen molar-refractivity contribution in [2.24, 2.45) is 5.73 Å². The van der Waals surface area contributed by atoms with Crippen LogP contribution < -0.4 is 5.73 Å². The second-order valence-corrected chi connectivity index (χ2v) is 4.19. The minimum absolute atomic E-state index is 0.132. The van der Waals surface area contributed by atoms with E-state index in [9.17, 15) is 0 Å². The van der Waals surface area contributed by atoms with E-state index in [-0.39, 0.29) is 6.04 Å². The van der Waals surface area contributed by atoms with Crippen LogP contribution in [0.5, 0.6) is 0 Å². The fourth-order valence-electron chi connectivity index (χ4n) is 2.00. The first-order valence-electron chi connectivity index (χ1n) is 5.91. The van der Waals surface area contributed by atoms with Crippen molar-refractivity contribution in [1.82, 2.24) is 14.8 Å². The Morgan fingerprint density at radius 2 is 2.18 bits per heavy atom. The van der Waals surface area contributed by atoms with E-state index in [1.807, 2.05) is 29.9 Å². The maximum absolute atomic E-state index is 6.30. The molecule has 1 unspecified atom stereocenters. The molecule has 0 aliphatic carbocycles. The first-order chi connectivity index (χ1) is 8.24. The summed E-state index contributed by atoms with van der Waals surface area (Å²) in [6, 6.07) is 3.83. The van der Waals surface area contributed by atoms with E-state index in [4.69, 9.17) is 5.73 Å². The molecule has 4 nitrogen and oxygen atoms in total. The van der Waals surface area contributed by atoms with Gasteiger partial charge in [-0.25, -0.2) is 0 Å². The molecule has 0 spiro atoms. The summed E-state index contributed by atoms with van der Waals surface area (Å²) in [6.45, 7) is 5.07. The van der Waals surface area contributed by atoms with Gasteiger partial charge >= 0.3 is 0 Å². The quantitative estimate of drug-likeness (QED) is 0.874. The van der Waals surface area contributed by atoms with Crippen molar-refractivity contribution in [1.29, 1.82) is 0 Å². The van der Waals surface area contributed by atoms with Gasteiger partial charge in [-0.3, -0.25) is 9.67 Å². The van der Waals surface area contributed by atoms with Gasteiger partial charge in [-0.1, -0.05) is 6.92 Å². The Morgan fingerprint density at radius 3 is 2.88 bits per heavy atom. The molecule has 0 amide bonds. The van der Waals surface area contributed by atoms with Gasteiger partial charge in [0.2, 0.25) is 0 Å². The Hall–Kier alpha value is -1.68. The Balaban J connectivity index is 2.34. The highest BCUT2D eigenvalue weighted by atomic mass is 15.3. The summed E-state index contributed by atoms with van der Waals surface area (Å²) in [4.78, 5) is 4.09. The molecular weight excluding hydrogens is 212 g/mol. The third-order valence-electron chi connectivity index (χ3n) is 2.90. The molecule has 2 N–H and O–H groups in total. The van der Waals surface area contributed by atoms with Crippen LogP contribution in [0.1, 0.15) is 36.2 Å². The topological polar surface area (TPSA) is 56.7 Å².